The Bertz CT molecular complexity index is 271. The molecule has 0 amide bonds. The van der Waals surface area contributed by atoms with E-state index in [1.807, 2.05) is 0 Å². The SMILES string of the molecule is CNCc1ccc(C(F)(F)F)cn1.Cl. The predicted octanol–water partition coefficient (Wildman–Crippen LogP) is 2.24. The standard InChI is InChI=1S/C8H9F3N2.ClH/c1-12-5-7-3-2-6(4-13-7)8(9,10)11;/h2-4,12H,5H2,1H3;1H. The summed E-state index contributed by atoms with van der Waals surface area (Å²) in [6.07, 6.45) is -3.46. The Hall–Kier alpha value is -0.810. The molecule has 0 bridgehead atoms. The number of rotatable bonds is 2. The van der Waals surface area contributed by atoms with Crippen LogP contribution in [0.15, 0.2) is 18.3 Å². The molecule has 0 aliphatic heterocycles. The van der Waals surface area contributed by atoms with Gasteiger partial charge in [0.2, 0.25) is 0 Å². The van der Waals surface area contributed by atoms with Crippen LogP contribution in [-0.2, 0) is 12.7 Å². The topological polar surface area (TPSA) is 24.9 Å². The van der Waals surface area contributed by atoms with Crippen molar-refractivity contribution in [3.8, 4) is 0 Å². The summed E-state index contributed by atoms with van der Waals surface area (Å²) in [6, 6.07) is 2.39. The van der Waals surface area contributed by atoms with Gasteiger partial charge in [-0.05, 0) is 19.2 Å². The molecule has 0 aromatic carbocycles. The number of hydrogen-bond acceptors (Lipinski definition) is 2. The highest BCUT2D eigenvalue weighted by atomic mass is 35.5. The van der Waals surface area contributed by atoms with Gasteiger partial charge in [-0.15, -0.1) is 12.4 Å². The lowest BCUT2D eigenvalue weighted by Crippen LogP contribution is -2.09. The summed E-state index contributed by atoms with van der Waals surface area (Å²) < 4.78 is 36.1. The highest BCUT2D eigenvalue weighted by Crippen LogP contribution is 2.28. The normalized spacial score (nSPS) is 10.9. The lowest BCUT2D eigenvalue weighted by atomic mass is 10.2. The van der Waals surface area contributed by atoms with Crippen molar-refractivity contribution in [1.82, 2.24) is 10.3 Å². The van der Waals surface area contributed by atoms with Gasteiger partial charge in [-0.25, -0.2) is 0 Å². The molecule has 0 spiro atoms. The van der Waals surface area contributed by atoms with Crippen LogP contribution < -0.4 is 5.32 Å². The minimum atomic E-state index is -4.30. The van der Waals surface area contributed by atoms with Gasteiger partial charge in [0.25, 0.3) is 0 Å². The van der Waals surface area contributed by atoms with Gasteiger partial charge >= 0.3 is 6.18 Å². The molecule has 0 saturated heterocycles. The number of hydrogen-bond donors (Lipinski definition) is 1. The zero-order chi connectivity index (χ0) is 9.90. The van der Waals surface area contributed by atoms with Crippen LogP contribution in [0.3, 0.4) is 0 Å². The molecule has 14 heavy (non-hydrogen) atoms. The molecule has 1 heterocycles. The summed E-state index contributed by atoms with van der Waals surface area (Å²) in [5.41, 5.74) is -0.122. The quantitative estimate of drug-likeness (QED) is 0.837. The number of alkyl halides is 3. The summed E-state index contributed by atoms with van der Waals surface area (Å²) in [5.74, 6) is 0. The molecular formula is C8H10ClF3N2. The number of aromatic nitrogens is 1. The molecule has 0 unspecified atom stereocenters. The predicted molar refractivity (Wildman–Crippen MR) is 49.3 cm³/mol. The summed E-state index contributed by atoms with van der Waals surface area (Å²) in [4.78, 5) is 3.65. The largest absolute Gasteiger partial charge is 0.417 e. The average molecular weight is 227 g/mol. The lowest BCUT2D eigenvalue weighted by Gasteiger charge is -2.06. The van der Waals surface area contributed by atoms with Crippen LogP contribution in [0.2, 0.25) is 0 Å². The third kappa shape index (κ3) is 3.51. The third-order valence-corrected chi connectivity index (χ3v) is 1.51. The van der Waals surface area contributed by atoms with E-state index in [0.717, 1.165) is 12.3 Å². The summed E-state index contributed by atoms with van der Waals surface area (Å²) in [7, 11) is 1.71. The van der Waals surface area contributed by atoms with Gasteiger partial charge in [0.05, 0.1) is 11.3 Å². The molecule has 2 nitrogen and oxygen atoms in total. The van der Waals surface area contributed by atoms with E-state index in [0.29, 0.717) is 12.2 Å². The minimum absolute atomic E-state index is 0. The Labute approximate surface area is 85.9 Å². The minimum Gasteiger partial charge on any atom is -0.314 e. The van der Waals surface area contributed by atoms with E-state index in [-0.39, 0.29) is 12.4 Å². The van der Waals surface area contributed by atoms with Crippen LogP contribution in [-0.4, -0.2) is 12.0 Å². The van der Waals surface area contributed by atoms with E-state index in [1.54, 1.807) is 7.05 Å². The molecule has 6 heteroatoms. The van der Waals surface area contributed by atoms with Crippen LogP contribution in [0.1, 0.15) is 11.3 Å². The van der Waals surface area contributed by atoms with Crippen LogP contribution >= 0.6 is 12.4 Å². The van der Waals surface area contributed by atoms with Gasteiger partial charge in [0.15, 0.2) is 0 Å². The summed E-state index contributed by atoms with van der Waals surface area (Å²) in [5, 5.41) is 2.80. The Morgan fingerprint density at radius 3 is 2.36 bits per heavy atom. The molecule has 0 fully saturated rings. The lowest BCUT2D eigenvalue weighted by molar-refractivity contribution is -0.137. The van der Waals surface area contributed by atoms with Crippen molar-refractivity contribution >= 4 is 12.4 Å². The van der Waals surface area contributed by atoms with Crippen molar-refractivity contribution in [3.05, 3.63) is 29.6 Å². The van der Waals surface area contributed by atoms with E-state index >= 15 is 0 Å². The van der Waals surface area contributed by atoms with E-state index in [4.69, 9.17) is 0 Å². The fourth-order valence-corrected chi connectivity index (χ4v) is 0.878. The van der Waals surface area contributed by atoms with E-state index in [9.17, 15) is 13.2 Å². The van der Waals surface area contributed by atoms with Crippen molar-refractivity contribution < 1.29 is 13.2 Å². The second kappa shape index (κ2) is 5.17. The first-order valence-corrected chi connectivity index (χ1v) is 3.71. The molecule has 0 saturated carbocycles. The molecule has 0 aliphatic rings. The average Bonchev–Trinajstić information content (AvgIpc) is 2.04. The fraction of sp³-hybridized carbons (Fsp3) is 0.375. The molecule has 80 valence electrons. The van der Waals surface area contributed by atoms with Crippen molar-refractivity contribution in [2.45, 2.75) is 12.7 Å². The molecule has 1 aromatic rings. The van der Waals surface area contributed by atoms with Gasteiger partial charge in [0, 0.05) is 12.7 Å². The summed E-state index contributed by atoms with van der Waals surface area (Å²) in [6.45, 7) is 0.470. The second-order valence-electron chi connectivity index (χ2n) is 2.57. The third-order valence-electron chi connectivity index (χ3n) is 1.51. The first-order valence-electron chi connectivity index (χ1n) is 3.71. The Balaban J connectivity index is 0.00000169. The monoisotopic (exact) mass is 226 g/mol. The number of halogens is 4. The Morgan fingerprint density at radius 2 is 2.00 bits per heavy atom. The maximum atomic E-state index is 12.0. The summed E-state index contributed by atoms with van der Waals surface area (Å²) >= 11 is 0. The molecule has 1 aromatic heterocycles. The number of pyridine rings is 1. The van der Waals surface area contributed by atoms with Crippen LogP contribution in [0.4, 0.5) is 13.2 Å². The molecule has 0 aliphatic carbocycles. The van der Waals surface area contributed by atoms with E-state index in [2.05, 4.69) is 10.3 Å². The number of nitrogens with one attached hydrogen (secondary N) is 1. The van der Waals surface area contributed by atoms with Crippen LogP contribution in [0.5, 0.6) is 0 Å². The zero-order valence-electron chi connectivity index (χ0n) is 7.43. The smallest absolute Gasteiger partial charge is 0.314 e. The molecule has 0 radical (unpaired) electrons. The first-order chi connectivity index (χ1) is 6.04. The van der Waals surface area contributed by atoms with Crippen molar-refractivity contribution in [1.29, 1.82) is 0 Å². The number of nitrogens with zero attached hydrogens (tertiary/aromatic N) is 1. The zero-order valence-corrected chi connectivity index (χ0v) is 8.25. The Morgan fingerprint density at radius 1 is 1.36 bits per heavy atom. The van der Waals surface area contributed by atoms with Crippen molar-refractivity contribution in [2.24, 2.45) is 0 Å². The maximum absolute atomic E-state index is 12.0. The van der Waals surface area contributed by atoms with Crippen molar-refractivity contribution in [2.75, 3.05) is 7.05 Å². The van der Waals surface area contributed by atoms with Crippen LogP contribution in [0.25, 0.3) is 0 Å². The molecule has 1 N–H and O–H groups in total. The highest BCUT2D eigenvalue weighted by molar-refractivity contribution is 5.85. The fourth-order valence-electron chi connectivity index (χ4n) is 0.878. The Kier molecular flexibility index (Phi) is 4.87. The van der Waals surface area contributed by atoms with Gasteiger partial charge in [-0.3, -0.25) is 4.98 Å². The van der Waals surface area contributed by atoms with Gasteiger partial charge in [-0.2, -0.15) is 13.2 Å². The van der Waals surface area contributed by atoms with E-state index in [1.165, 1.54) is 6.07 Å². The van der Waals surface area contributed by atoms with Gasteiger partial charge in [0.1, 0.15) is 0 Å². The molecule has 0 atom stereocenters. The maximum Gasteiger partial charge on any atom is 0.417 e. The van der Waals surface area contributed by atoms with Crippen LogP contribution in [0, 0.1) is 0 Å². The van der Waals surface area contributed by atoms with Gasteiger partial charge < -0.3 is 5.32 Å². The van der Waals surface area contributed by atoms with Gasteiger partial charge in [-0.1, -0.05) is 0 Å². The van der Waals surface area contributed by atoms with Crippen molar-refractivity contribution in [3.63, 3.8) is 0 Å². The highest BCUT2D eigenvalue weighted by Gasteiger charge is 2.30. The molecular weight excluding hydrogens is 217 g/mol. The molecule has 1 rings (SSSR count). The van der Waals surface area contributed by atoms with E-state index < -0.39 is 11.7 Å². The second-order valence-corrected chi connectivity index (χ2v) is 2.57. The first kappa shape index (κ1) is 13.2.